The first-order valence-electron chi connectivity index (χ1n) is 5.50. The second-order valence-electron chi connectivity index (χ2n) is 4.05. The molecule has 1 nitrogen and oxygen atoms in total. The van der Waals surface area contributed by atoms with Crippen molar-refractivity contribution in [2.24, 2.45) is 0 Å². The highest BCUT2D eigenvalue weighted by atomic mass is 79.9. The van der Waals surface area contributed by atoms with Crippen LogP contribution in [0.1, 0.15) is 11.1 Å². The van der Waals surface area contributed by atoms with E-state index in [0.29, 0.717) is 11.6 Å². The van der Waals surface area contributed by atoms with E-state index in [-0.39, 0.29) is 5.82 Å². The van der Waals surface area contributed by atoms with Gasteiger partial charge in [-0.15, -0.1) is 0 Å². The third-order valence-electron chi connectivity index (χ3n) is 2.68. The molecule has 0 aromatic heterocycles. The first-order valence-corrected chi connectivity index (χ1v) is 6.67. The molecule has 94 valence electrons. The van der Waals surface area contributed by atoms with E-state index >= 15 is 0 Å². The number of rotatable bonds is 3. The minimum Gasteiger partial charge on any atom is -0.381 e. The van der Waals surface area contributed by atoms with E-state index < -0.39 is 0 Å². The van der Waals surface area contributed by atoms with E-state index in [9.17, 15) is 4.39 Å². The van der Waals surface area contributed by atoms with E-state index in [2.05, 4.69) is 21.2 Å². The molecule has 0 aliphatic rings. The van der Waals surface area contributed by atoms with Gasteiger partial charge in [0.1, 0.15) is 5.82 Å². The first-order chi connectivity index (χ1) is 8.56. The maximum absolute atomic E-state index is 13.1. The lowest BCUT2D eigenvalue weighted by molar-refractivity contribution is 0.625. The highest BCUT2D eigenvalue weighted by Crippen LogP contribution is 2.23. The Morgan fingerprint density at radius 3 is 2.78 bits per heavy atom. The molecule has 0 bridgehead atoms. The summed E-state index contributed by atoms with van der Waals surface area (Å²) in [5.74, 6) is -0.238. The van der Waals surface area contributed by atoms with Gasteiger partial charge in [-0.2, -0.15) is 0 Å². The zero-order valence-corrected chi connectivity index (χ0v) is 12.1. The molecule has 0 fully saturated rings. The SMILES string of the molecule is Cc1ccc(Cl)cc1NCc1cc(F)ccc1Br. The molecule has 0 aliphatic heterocycles. The molecule has 4 heteroatoms. The van der Waals surface area contributed by atoms with Crippen molar-refractivity contribution in [1.82, 2.24) is 0 Å². The zero-order valence-electron chi connectivity index (χ0n) is 9.81. The van der Waals surface area contributed by atoms with E-state index in [1.807, 2.05) is 25.1 Å². The normalized spacial score (nSPS) is 10.4. The van der Waals surface area contributed by atoms with Gasteiger partial charge in [-0.1, -0.05) is 33.6 Å². The smallest absolute Gasteiger partial charge is 0.123 e. The molecule has 0 saturated carbocycles. The van der Waals surface area contributed by atoms with Gasteiger partial charge in [0.15, 0.2) is 0 Å². The van der Waals surface area contributed by atoms with Crippen LogP contribution in [-0.4, -0.2) is 0 Å². The fraction of sp³-hybridized carbons (Fsp3) is 0.143. The van der Waals surface area contributed by atoms with Crippen molar-refractivity contribution in [3.8, 4) is 0 Å². The van der Waals surface area contributed by atoms with E-state index in [1.54, 1.807) is 6.07 Å². The monoisotopic (exact) mass is 327 g/mol. The summed E-state index contributed by atoms with van der Waals surface area (Å²) in [4.78, 5) is 0. The number of hydrogen-bond donors (Lipinski definition) is 1. The molecule has 0 amide bonds. The van der Waals surface area contributed by atoms with Crippen molar-refractivity contribution in [2.45, 2.75) is 13.5 Å². The van der Waals surface area contributed by atoms with Gasteiger partial charge in [0.05, 0.1) is 0 Å². The molecular formula is C14H12BrClFN. The third-order valence-corrected chi connectivity index (χ3v) is 3.69. The molecule has 2 rings (SSSR count). The van der Waals surface area contributed by atoms with E-state index in [4.69, 9.17) is 11.6 Å². The second kappa shape index (κ2) is 5.72. The highest BCUT2D eigenvalue weighted by Gasteiger charge is 2.03. The first kappa shape index (κ1) is 13.4. The Hall–Kier alpha value is -1.06. The Morgan fingerprint density at radius 1 is 1.22 bits per heavy atom. The third kappa shape index (κ3) is 3.24. The highest BCUT2D eigenvalue weighted by molar-refractivity contribution is 9.10. The Kier molecular flexibility index (Phi) is 4.25. The molecule has 0 spiro atoms. The Balaban J connectivity index is 2.16. The molecule has 2 aromatic carbocycles. The summed E-state index contributed by atoms with van der Waals surface area (Å²) in [6.07, 6.45) is 0. The lowest BCUT2D eigenvalue weighted by Gasteiger charge is -2.11. The molecule has 0 aliphatic carbocycles. The van der Waals surface area contributed by atoms with Crippen LogP contribution >= 0.6 is 27.5 Å². The number of benzene rings is 2. The fourth-order valence-corrected chi connectivity index (χ4v) is 2.21. The van der Waals surface area contributed by atoms with Crippen molar-refractivity contribution in [3.05, 3.63) is 62.8 Å². The standard InChI is InChI=1S/C14H12BrClFN/c1-9-2-3-11(16)7-14(9)18-8-10-6-12(17)4-5-13(10)15/h2-7,18H,8H2,1H3. The maximum atomic E-state index is 13.1. The summed E-state index contributed by atoms with van der Waals surface area (Å²) >= 11 is 9.35. The van der Waals surface area contributed by atoms with Gasteiger partial charge in [-0.25, -0.2) is 4.39 Å². The Morgan fingerprint density at radius 2 is 2.00 bits per heavy atom. The summed E-state index contributed by atoms with van der Waals surface area (Å²) in [6, 6.07) is 10.3. The quantitative estimate of drug-likeness (QED) is 0.820. The lowest BCUT2D eigenvalue weighted by atomic mass is 10.1. The predicted molar refractivity (Wildman–Crippen MR) is 77.6 cm³/mol. The zero-order chi connectivity index (χ0) is 13.1. The van der Waals surface area contributed by atoms with Crippen LogP contribution < -0.4 is 5.32 Å². The van der Waals surface area contributed by atoms with E-state index in [0.717, 1.165) is 21.3 Å². The Labute approximate surface area is 119 Å². The lowest BCUT2D eigenvalue weighted by Crippen LogP contribution is -2.02. The van der Waals surface area contributed by atoms with Gasteiger partial charge >= 0.3 is 0 Å². The number of nitrogens with one attached hydrogen (secondary N) is 1. The van der Waals surface area contributed by atoms with Crippen LogP contribution in [0, 0.1) is 12.7 Å². The largest absolute Gasteiger partial charge is 0.381 e. The average Bonchev–Trinajstić information content (AvgIpc) is 2.34. The van der Waals surface area contributed by atoms with Crippen LogP contribution in [0.2, 0.25) is 5.02 Å². The van der Waals surface area contributed by atoms with Crippen molar-refractivity contribution in [1.29, 1.82) is 0 Å². The average molecular weight is 329 g/mol. The van der Waals surface area contributed by atoms with E-state index in [1.165, 1.54) is 12.1 Å². The molecule has 0 radical (unpaired) electrons. The van der Waals surface area contributed by atoms with Crippen LogP contribution in [0.5, 0.6) is 0 Å². The fourth-order valence-electron chi connectivity index (χ4n) is 1.65. The van der Waals surface area contributed by atoms with Crippen molar-refractivity contribution >= 4 is 33.2 Å². The minimum absolute atomic E-state index is 0.238. The van der Waals surface area contributed by atoms with Crippen LogP contribution in [0.25, 0.3) is 0 Å². The molecule has 0 saturated heterocycles. The minimum atomic E-state index is -0.238. The van der Waals surface area contributed by atoms with Gasteiger partial charge in [-0.3, -0.25) is 0 Å². The summed E-state index contributed by atoms with van der Waals surface area (Å²) in [7, 11) is 0. The molecule has 18 heavy (non-hydrogen) atoms. The number of anilines is 1. The molecule has 0 heterocycles. The summed E-state index contributed by atoms with van der Waals surface area (Å²) < 4.78 is 14.0. The van der Waals surface area contributed by atoms with Crippen LogP contribution in [-0.2, 0) is 6.54 Å². The molecule has 0 atom stereocenters. The topological polar surface area (TPSA) is 12.0 Å². The number of hydrogen-bond acceptors (Lipinski definition) is 1. The Bertz CT molecular complexity index is 520. The molecule has 1 N–H and O–H groups in total. The molecular weight excluding hydrogens is 317 g/mol. The van der Waals surface area contributed by atoms with Crippen LogP contribution in [0.15, 0.2) is 40.9 Å². The maximum Gasteiger partial charge on any atom is 0.123 e. The van der Waals surface area contributed by atoms with Crippen molar-refractivity contribution in [2.75, 3.05) is 5.32 Å². The van der Waals surface area contributed by atoms with Gasteiger partial charge in [0.25, 0.3) is 0 Å². The van der Waals surface area contributed by atoms with Crippen molar-refractivity contribution in [3.63, 3.8) is 0 Å². The van der Waals surface area contributed by atoms with Crippen molar-refractivity contribution < 1.29 is 4.39 Å². The number of halogens is 3. The summed E-state index contributed by atoms with van der Waals surface area (Å²) in [6.45, 7) is 2.54. The molecule has 0 unspecified atom stereocenters. The van der Waals surface area contributed by atoms with Gasteiger partial charge < -0.3 is 5.32 Å². The van der Waals surface area contributed by atoms with Gasteiger partial charge in [0.2, 0.25) is 0 Å². The van der Waals surface area contributed by atoms with Crippen LogP contribution in [0.3, 0.4) is 0 Å². The molecule has 2 aromatic rings. The predicted octanol–water partition coefficient (Wildman–Crippen LogP) is 5.16. The van der Waals surface area contributed by atoms with Crippen LogP contribution in [0.4, 0.5) is 10.1 Å². The summed E-state index contributed by atoms with van der Waals surface area (Å²) in [5.41, 5.74) is 2.93. The second-order valence-corrected chi connectivity index (χ2v) is 5.34. The van der Waals surface area contributed by atoms with Gasteiger partial charge in [0, 0.05) is 21.7 Å². The summed E-state index contributed by atoms with van der Waals surface area (Å²) in [5, 5.41) is 3.94. The number of aryl methyl sites for hydroxylation is 1. The van der Waals surface area contributed by atoms with Gasteiger partial charge in [-0.05, 0) is 48.4 Å².